The van der Waals surface area contributed by atoms with Gasteiger partial charge in [-0.3, -0.25) is 0 Å². The van der Waals surface area contributed by atoms with Gasteiger partial charge in [-0.05, 0) is 0 Å². The summed E-state index contributed by atoms with van der Waals surface area (Å²) in [7, 11) is 0. The van der Waals surface area contributed by atoms with E-state index >= 15 is 0 Å². The number of alkyl halides is 6. The van der Waals surface area contributed by atoms with E-state index in [0.717, 1.165) is 0 Å². The monoisotopic (exact) mass is 263 g/mol. The van der Waals surface area contributed by atoms with Gasteiger partial charge in [-0.25, -0.2) is 18.2 Å². The van der Waals surface area contributed by atoms with Crippen LogP contribution in [0.5, 0.6) is 0 Å². The van der Waals surface area contributed by atoms with Crippen molar-refractivity contribution in [2.24, 2.45) is 0 Å². The van der Waals surface area contributed by atoms with Crippen molar-refractivity contribution in [1.82, 2.24) is 4.98 Å². The van der Waals surface area contributed by atoms with Gasteiger partial charge >= 0.3 is 6.18 Å². The Balaban J connectivity index is 3.40. The standard InChI is InChI=1S/C8H4ClF6N/c9-2-3-4(10)1-5(8(13,14)15)16-6(3)7(11)12/h1,7H,2H2. The van der Waals surface area contributed by atoms with Crippen LogP contribution in [-0.4, -0.2) is 4.98 Å². The molecule has 0 aliphatic carbocycles. The molecule has 1 aromatic heterocycles. The van der Waals surface area contributed by atoms with Gasteiger partial charge in [-0.1, -0.05) is 0 Å². The topological polar surface area (TPSA) is 12.9 Å². The Kier molecular flexibility index (Phi) is 3.67. The summed E-state index contributed by atoms with van der Waals surface area (Å²) < 4.78 is 74.1. The maximum atomic E-state index is 13.0. The molecule has 16 heavy (non-hydrogen) atoms. The highest BCUT2D eigenvalue weighted by Gasteiger charge is 2.35. The minimum Gasteiger partial charge on any atom is -0.242 e. The van der Waals surface area contributed by atoms with Crippen LogP contribution in [0.1, 0.15) is 23.4 Å². The zero-order chi connectivity index (χ0) is 12.5. The normalized spacial score (nSPS) is 12.2. The molecule has 0 aromatic carbocycles. The predicted octanol–water partition coefficient (Wildman–Crippen LogP) is 3.92. The third-order valence-electron chi connectivity index (χ3n) is 1.73. The van der Waals surface area contributed by atoms with Gasteiger partial charge in [0, 0.05) is 11.6 Å². The van der Waals surface area contributed by atoms with Crippen molar-refractivity contribution in [3.8, 4) is 0 Å². The van der Waals surface area contributed by atoms with Gasteiger partial charge in [-0.2, -0.15) is 13.2 Å². The van der Waals surface area contributed by atoms with E-state index in [9.17, 15) is 26.3 Å². The van der Waals surface area contributed by atoms with E-state index < -0.39 is 41.3 Å². The maximum absolute atomic E-state index is 13.0. The second-order valence-corrected chi connectivity index (χ2v) is 3.05. The highest BCUT2D eigenvalue weighted by Crippen LogP contribution is 2.32. The lowest BCUT2D eigenvalue weighted by Crippen LogP contribution is -2.13. The van der Waals surface area contributed by atoms with Crippen molar-refractivity contribution >= 4 is 11.6 Å². The Hall–Kier alpha value is -0.980. The van der Waals surface area contributed by atoms with Crippen LogP contribution >= 0.6 is 11.6 Å². The lowest BCUT2D eigenvalue weighted by molar-refractivity contribution is -0.141. The van der Waals surface area contributed by atoms with Gasteiger partial charge in [0.05, 0.1) is 5.88 Å². The molecule has 1 heterocycles. The first-order valence-corrected chi connectivity index (χ1v) is 4.41. The van der Waals surface area contributed by atoms with Crippen molar-refractivity contribution in [2.45, 2.75) is 18.5 Å². The fourth-order valence-electron chi connectivity index (χ4n) is 1.02. The molecule has 1 nitrogen and oxygen atoms in total. The molecule has 0 radical (unpaired) electrons. The van der Waals surface area contributed by atoms with Crippen LogP contribution in [0.15, 0.2) is 6.07 Å². The molecule has 0 fully saturated rings. The van der Waals surface area contributed by atoms with Crippen molar-refractivity contribution in [1.29, 1.82) is 0 Å². The van der Waals surface area contributed by atoms with Crippen molar-refractivity contribution < 1.29 is 26.3 Å². The van der Waals surface area contributed by atoms with Crippen LogP contribution < -0.4 is 0 Å². The van der Waals surface area contributed by atoms with E-state index in [0.29, 0.717) is 0 Å². The number of nitrogens with zero attached hydrogens (tertiary/aromatic N) is 1. The van der Waals surface area contributed by atoms with Crippen LogP contribution in [0.2, 0.25) is 0 Å². The van der Waals surface area contributed by atoms with Gasteiger partial charge in [0.25, 0.3) is 6.43 Å². The molecule has 0 amide bonds. The average molecular weight is 264 g/mol. The number of hydrogen-bond acceptors (Lipinski definition) is 1. The molecule has 1 rings (SSSR count). The van der Waals surface area contributed by atoms with Crippen LogP contribution in [0.3, 0.4) is 0 Å². The van der Waals surface area contributed by atoms with Crippen molar-refractivity contribution in [3.63, 3.8) is 0 Å². The average Bonchev–Trinajstić information content (AvgIpc) is 2.14. The van der Waals surface area contributed by atoms with Crippen molar-refractivity contribution in [2.75, 3.05) is 0 Å². The van der Waals surface area contributed by atoms with E-state index in [2.05, 4.69) is 4.98 Å². The van der Waals surface area contributed by atoms with Gasteiger partial charge in [-0.15, -0.1) is 11.6 Å². The second-order valence-electron chi connectivity index (χ2n) is 2.79. The number of aromatic nitrogens is 1. The molecule has 0 atom stereocenters. The molecular weight excluding hydrogens is 260 g/mol. The zero-order valence-electron chi connectivity index (χ0n) is 7.45. The van der Waals surface area contributed by atoms with Gasteiger partial charge in [0.1, 0.15) is 17.2 Å². The molecule has 1 aromatic rings. The Bertz CT molecular complexity index is 389. The summed E-state index contributed by atoms with van der Waals surface area (Å²) in [6.07, 6.45) is -8.29. The second kappa shape index (κ2) is 4.48. The maximum Gasteiger partial charge on any atom is 0.433 e. The van der Waals surface area contributed by atoms with Crippen LogP contribution in [0.25, 0.3) is 0 Å². The molecule has 0 unspecified atom stereocenters. The summed E-state index contributed by atoms with van der Waals surface area (Å²) in [5.74, 6) is -2.11. The van der Waals surface area contributed by atoms with Crippen LogP contribution in [0.4, 0.5) is 26.3 Å². The highest BCUT2D eigenvalue weighted by molar-refractivity contribution is 6.17. The lowest BCUT2D eigenvalue weighted by atomic mass is 10.2. The molecule has 0 aliphatic rings. The largest absolute Gasteiger partial charge is 0.433 e. The Morgan fingerprint density at radius 1 is 1.31 bits per heavy atom. The van der Waals surface area contributed by atoms with E-state index in [4.69, 9.17) is 11.6 Å². The van der Waals surface area contributed by atoms with E-state index in [1.165, 1.54) is 0 Å². The number of halogens is 7. The summed E-state index contributed by atoms with van der Waals surface area (Å²) >= 11 is 5.15. The molecule has 0 saturated carbocycles. The van der Waals surface area contributed by atoms with Gasteiger partial charge in [0.2, 0.25) is 0 Å². The summed E-state index contributed by atoms with van der Waals surface area (Å²) in [5.41, 5.74) is -3.69. The Morgan fingerprint density at radius 3 is 2.25 bits per heavy atom. The Labute approximate surface area is 91.0 Å². The third-order valence-corrected chi connectivity index (χ3v) is 2.00. The molecule has 0 aliphatic heterocycles. The van der Waals surface area contributed by atoms with Gasteiger partial charge < -0.3 is 0 Å². The number of pyridine rings is 1. The molecule has 0 bridgehead atoms. The summed E-state index contributed by atoms with van der Waals surface area (Å²) in [4.78, 5) is 2.68. The van der Waals surface area contributed by atoms with E-state index in [1.54, 1.807) is 0 Å². The molecular formula is C8H4ClF6N. The Morgan fingerprint density at radius 2 is 1.88 bits per heavy atom. The number of hydrogen-bond donors (Lipinski definition) is 0. The highest BCUT2D eigenvalue weighted by atomic mass is 35.5. The predicted molar refractivity (Wildman–Crippen MR) is 43.7 cm³/mol. The molecule has 0 saturated heterocycles. The SMILES string of the molecule is Fc1cc(C(F)(F)F)nc(C(F)F)c1CCl. The molecule has 0 spiro atoms. The summed E-state index contributed by atoms with van der Waals surface area (Å²) in [6.45, 7) is 0. The van der Waals surface area contributed by atoms with E-state index in [-0.39, 0.29) is 6.07 Å². The summed E-state index contributed by atoms with van der Waals surface area (Å²) in [5, 5.41) is 0. The smallest absolute Gasteiger partial charge is 0.242 e. The van der Waals surface area contributed by atoms with Gasteiger partial charge in [0.15, 0.2) is 0 Å². The molecule has 0 N–H and O–H groups in total. The minimum atomic E-state index is -4.98. The fraction of sp³-hybridized carbons (Fsp3) is 0.375. The van der Waals surface area contributed by atoms with Crippen molar-refractivity contribution in [3.05, 3.63) is 28.8 Å². The lowest BCUT2D eigenvalue weighted by Gasteiger charge is -2.11. The van der Waals surface area contributed by atoms with Crippen LogP contribution in [-0.2, 0) is 12.1 Å². The fourth-order valence-corrected chi connectivity index (χ4v) is 1.28. The zero-order valence-corrected chi connectivity index (χ0v) is 8.21. The first-order valence-electron chi connectivity index (χ1n) is 3.88. The minimum absolute atomic E-state index is 0.0452. The molecule has 8 heteroatoms. The third kappa shape index (κ3) is 2.58. The first-order chi connectivity index (χ1) is 7.27. The number of rotatable bonds is 2. The molecule has 90 valence electrons. The summed E-state index contributed by atoms with van der Waals surface area (Å²) in [6, 6.07) is 0.0452. The van der Waals surface area contributed by atoms with Crippen LogP contribution in [0, 0.1) is 5.82 Å². The van der Waals surface area contributed by atoms with E-state index in [1.807, 2.05) is 0 Å². The quantitative estimate of drug-likeness (QED) is 0.582. The first kappa shape index (κ1) is 13.1.